The number of carbonyl (C=O) groups excluding carboxylic acids is 1. The Morgan fingerprint density at radius 2 is 1.97 bits per heavy atom. The fourth-order valence-electron chi connectivity index (χ4n) is 4.86. The van der Waals surface area contributed by atoms with E-state index in [2.05, 4.69) is 26.4 Å². The number of H-pyrrole nitrogens is 1. The molecule has 0 saturated carbocycles. The van der Waals surface area contributed by atoms with Crippen LogP contribution in [0.1, 0.15) is 40.5 Å². The lowest BCUT2D eigenvalue weighted by Crippen LogP contribution is -2.38. The van der Waals surface area contributed by atoms with Gasteiger partial charge < -0.3 is 15.2 Å². The fraction of sp³-hybridized carbons (Fsp3) is 0.231. The maximum atomic E-state index is 13.1. The Balaban J connectivity index is 1.19. The van der Waals surface area contributed by atoms with Crippen LogP contribution in [0.2, 0.25) is 0 Å². The van der Waals surface area contributed by atoms with E-state index in [1.54, 1.807) is 6.20 Å². The number of aromatic nitrogens is 5. The average Bonchev–Trinajstić information content (AvgIpc) is 3.51. The van der Waals surface area contributed by atoms with E-state index >= 15 is 0 Å². The van der Waals surface area contributed by atoms with Crippen LogP contribution in [0, 0.1) is 0 Å². The van der Waals surface area contributed by atoms with E-state index in [9.17, 15) is 4.79 Å². The van der Waals surface area contributed by atoms with Crippen molar-refractivity contribution in [2.24, 2.45) is 0 Å². The summed E-state index contributed by atoms with van der Waals surface area (Å²) < 4.78 is 1.86. The second-order valence-corrected chi connectivity index (χ2v) is 9.18. The molecule has 1 aliphatic rings. The lowest BCUT2D eigenvalue weighted by Gasteiger charge is -2.31. The first-order valence-electron chi connectivity index (χ1n) is 12.0. The van der Waals surface area contributed by atoms with E-state index in [0.29, 0.717) is 31.2 Å². The van der Waals surface area contributed by atoms with E-state index in [0.717, 1.165) is 51.9 Å². The molecule has 1 aliphatic heterocycles. The van der Waals surface area contributed by atoms with Crippen LogP contribution >= 0.6 is 0 Å². The van der Waals surface area contributed by atoms with Gasteiger partial charge in [-0.2, -0.15) is 9.61 Å². The average molecular weight is 463 g/mol. The number of hydrogen-bond donors (Lipinski definition) is 2. The summed E-state index contributed by atoms with van der Waals surface area (Å²) in [6, 6.07) is 16.0. The van der Waals surface area contributed by atoms with Crippen molar-refractivity contribution in [2.75, 3.05) is 18.4 Å². The molecule has 1 fully saturated rings. The molecule has 0 radical (unpaired) electrons. The largest absolute Gasteiger partial charge is 0.366 e. The first-order chi connectivity index (χ1) is 17.2. The third-order valence-corrected chi connectivity index (χ3v) is 6.83. The molecule has 5 aromatic rings. The number of nitrogens with one attached hydrogen (secondary N) is 2. The van der Waals surface area contributed by atoms with Gasteiger partial charge in [0.15, 0.2) is 5.65 Å². The monoisotopic (exact) mass is 463 g/mol. The molecule has 4 aromatic heterocycles. The molecule has 174 valence electrons. The topological polar surface area (TPSA) is 91.2 Å². The van der Waals surface area contributed by atoms with Crippen LogP contribution < -0.4 is 10.8 Å². The molecule has 8 nitrogen and oxygen atoms in total. The summed E-state index contributed by atoms with van der Waals surface area (Å²) in [5.41, 5.74) is 5.71. The minimum absolute atomic E-state index is 0.0634. The molecule has 9 heteroatoms. The number of aromatic amines is 1. The zero-order valence-electron chi connectivity index (χ0n) is 19.6. The van der Waals surface area contributed by atoms with E-state index in [4.69, 9.17) is 4.98 Å². The predicted octanol–water partition coefficient (Wildman–Crippen LogP) is 2.50. The number of amides is 1. The van der Waals surface area contributed by atoms with Gasteiger partial charge >= 0.3 is 0 Å². The van der Waals surface area contributed by atoms with Crippen LogP contribution in [0.25, 0.3) is 16.6 Å². The predicted molar refractivity (Wildman–Crippen MR) is 139 cm³/mol. The number of likely N-dealkylation sites (tertiary alicyclic amines) is 1. The molecule has 35 heavy (non-hydrogen) atoms. The molecular weight excluding hydrogens is 437 g/mol. The Kier molecular flexibility index (Phi) is 5.44. The summed E-state index contributed by atoms with van der Waals surface area (Å²) in [7, 11) is 2.03. The molecule has 1 aromatic carbocycles. The molecule has 1 amide bonds. The van der Waals surface area contributed by atoms with Crippen LogP contribution in [0.3, 0.4) is 0 Å². The molecule has 0 spiro atoms. The van der Waals surface area contributed by atoms with Crippen molar-refractivity contribution in [1.29, 1.82) is 0 Å². The molecule has 2 N–H and O–H groups in total. The zero-order chi connectivity index (χ0) is 23.8. The lowest BCUT2D eigenvalue weighted by molar-refractivity contribution is 0.0707. The Morgan fingerprint density at radius 3 is 2.77 bits per heavy atom. The molecule has 0 aliphatic carbocycles. The molecule has 1 saturated heterocycles. The van der Waals surface area contributed by atoms with E-state index in [1.165, 1.54) is 0 Å². The second-order valence-electron chi connectivity index (χ2n) is 9.18. The summed E-state index contributed by atoms with van der Waals surface area (Å²) in [6.07, 6.45) is 7.25. The third kappa shape index (κ3) is 4.14. The number of fused-ring (bicyclic) bond motifs is 2. The first kappa shape index (κ1) is 21.4. The SMILES string of the molecule is Bc1cnn2c(NCc3cccnc3)cc(C3CCN(C(=O)c4cc5ccccc5[nH]4)CC3)nc12. The summed E-state index contributed by atoms with van der Waals surface area (Å²) in [4.78, 5) is 27.5. The zero-order valence-corrected chi connectivity index (χ0v) is 19.6. The Bertz CT molecular complexity index is 1470. The second kappa shape index (κ2) is 8.90. The summed E-state index contributed by atoms with van der Waals surface area (Å²) in [5, 5.41) is 9.09. The highest BCUT2D eigenvalue weighted by molar-refractivity contribution is 6.36. The summed E-state index contributed by atoms with van der Waals surface area (Å²) >= 11 is 0. The Morgan fingerprint density at radius 1 is 1.11 bits per heavy atom. The number of carbonyl (C=O) groups is 1. The summed E-state index contributed by atoms with van der Waals surface area (Å²) in [6.45, 7) is 2.08. The fourth-order valence-corrected chi connectivity index (χ4v) is 4.86. The van der Waals surface area contributed by atoms with Gasteiger partial charge in [-0.15, -0.1) is 0 Å². The number of anilines is 1. The van der Waals surface area contributed by atoms with Crippen LogP contribution in [0.4, 0.5) is 5.82 Å². The van der Waals surface area contributed by atoms with Gasteiger partial charge in [-0.3, -0.25) is 9.78 Å². The number of piperidine rings is 1. The number of hydrogen-bond acceptors (Lipinski definition) is 5. The van der Waals surface area contributed by atoms with Crippen molar-refractivity contribution in [3.05, 3.63) is 84.1 Å². The Hall–Kier alpha value is -4.14. The van der Waals surface area contributed by atoms with Gasteiger partial charge in [-0.1, -0.05) is 24.3 Å². The van der Waals surface area contributed by atoms with Gasteiger partial charge in [0.25, 0.3) is 5.91 Å². The van der Waals surface area contributed by atoms with Crippen molar-refractivity contribution in [1.82, 2.24) is 29.5 Å². The normalized spacial score (nSPS) is 14.6. The van der Waals surface area contributed by atoms with Gasteiger partial charge in [0.05, 0.1) is 0 Å². The van der Waals surface area contributed by atoms with Gasteiger partial charge in [0.1, 0.15) is 19.4 Å². The summed E-state index contributed by atoms with van der Waals surface area (Å²) in [5.74, 6) is 1.27. The third-order valence-electron chi connectivity index (χ3n) is 6.83. The molecule has 0 unspecified atom stereocenters. The van der Waals surface area contributed by atoms with Crippen LogP contribution in [-0.2, 0) is 6.54 Å². The minimum Gasteiger partial charge on any atom is -0.366 e. The van der Waals surface area contributed by atoms with E-state index in [-0.39, 0.29) is 5.91 Å². The van der Waals surface area contributed by atoms with Gasteiger partial charge in [-0.05, 0) is 42.1 Å². The number of nitrogens with zero attached hydrogens (tertiary/aromatic N) is 5. The standard InChI is InChI=1S/C26H26BN7O/c27-20-16-30-34-24(29-15-17-4-3-9-28-14-17)13-22(32-25(20)34)18-7-10-33(11-8-18)26(35)23-12-19-5-1-2-6-21(19)31-23/h1-6,9,12-14,16,18,29,31H,7-8,10-11,15,27H2. The first-order valence-corrected chi connectivity index (χ1v) is 12.0. The maximum Gasteiger partial charge on any atom is 0.270 e. The quantitative estimate of drug-likeness (QED) is 0.391. The highest BCUT2D eigenvalue weighted by atomic mass is 16.2. The molecular formula is C26H26BN7O. The molecule has 0 atom stereocenters. The molecule has 5 heterocycles. The maximum absolute atomic E-state index is 13.1. The van der Waals surface area contributed by atoms with Crippen molar-refractivity contribution >= 4 is 41.6 Å². The smallest absolute Gasteiger partial charge is 0.270 e. The highest BCUT2D eigenvalue weighted by Gasteiger charge is 2.27. The molecule has 6 rings (SSSR count). The van der Waals surface area contributed by atoms with Gasteiger partial charge in [-0.25, -0.2) is 4.98 Å². The number of rotatable bonds is 5. The minimum atomic E-state index is 0.0634. The van der Waals surface area contributed by atoms with Crippen molar-refractivity contribution in [3.63, 3.8) is 0 Å². The van der Waals surface area contributed by atoms with Crippen LogP contribution in [0.5, 0.6) is 0 Å². The Labute approximate surface area is 203 Å². The van der Waals surface area contributed by atoms with Crippen LogP contribution in [0.15, 0.2) is 67.1 Å². The number of para-hydroxylation sites is 1. The van der Waals surface area contributed by atoms with Crippen molar-refractivity contribution in [3.8, 4) is 0 Å². The van der Waals surface area contributed by atoms with E-state index < -0.39 is 0 Å². The van der Waals surface area contributed by atoms with E-state index in [1.807, 2.05) is 72.1 Å². The van der Waals surface area contributed by atoms with Gasteiger partial charge in [0.2, 0.25) is 0 Å². The van der Waals surface area contributed by atoms with Crippen molar-refractivity contribution < 1.29 is 4.79 Å². The highest BCUT2D eigenvalue weighted by Crippen LogP contribution is 2.30. The van der Waals surface area contributed by atoms with Gasteiger partial charge in [0, 0.05) is 66.8 Å². The molecule has 0 bridgehead atoms. The number of benzene rings is 1. The number of pyridine rings is 1. The lowest BCUT2D eigenvalue weighted by atomic mass is 9.92. The van der Waals surface area contributed by atoms with Crippen LogP contribution in [-0.4, -0.2) is 56.3 Å². The van der Waals surface area contributed by atoms with Crippen molar-refractivity contribution in [2.45, 2.75) is 25.3 Å².